The zero-order valence-corrected chi connectivity index (χ0v) is 8.07. The first-order chi connectivity index (χ1) is 6.76. The smallest absolute Gasteiger partial charge is 0.134 e. The van der Waals surface area contributed by atoms with Gasteiger partial charge >= 0.3 is 0 Å². The largest absolute Gasteiger partial charge is 0.487 e. The minimum atomic E-state index is -0.284. The highest BCUT2D eigenvalue weighted by Crippen LogP contribution is 2.12. The highest BCUT2D eigenvalue weighted by molar-refractivity contribution is 5.22. The maximum absolute atomic E-state index is 12.5. The Bertz CT molecular complexity index is 263. The molecule has 0 aliphatic heterocycles. The fourth-order valence-electron chi connectivity index (χ4n) is 1.04. The van der Waals surface area contributed by atoms with Gasteiger partial charge in [0.2, 0.25) is 0 Å². The van der Waals surface area contributed by atoms with E-state index in [2.05, 4.69) is 0 Å². The van der Waals surface area contributed by atoms with E-state index >= 15 is 0 Å². The number of nitrogens with two attached hydrogens (primary N) is 1. The van der Waals surface area contributed by atoms with E-state index in [1.807, 2.05) is 0 Å². The molecule has 4 heteroatoms. The Morgan fingerprint density at radius 3 is 2.50 bits per heavy atom. The fourth-order valence-corrected chi connectivity index (χ4v) is 1.04. The molecule has 2 N–H and O–H groups in total. The van der Waals surface area contributed by atoms with Crippen molar-refractivity contribution in [3.05, 3.63) is 30.1 Å². The van der Waals surface area contributed by atoms with Gasteiger partial charge < -0.3 is 15.2 Å². The van der Waals surface area contributed by atoms with E-state index in [9.17, 15) is 4.39 Å². The summed E-state index contributed by atoms with van der Waals surface area (Å²) in [6.07, 6.45) is -0.189. The first-order valence-electron chi connectivity index (χ1n) is 4.37. The number of benzene rings is 1. The van der Waals surface area contributed by atoms with E-state index in [-0.39, 0.29) is 11.9 Å². The maximum Gasteiger partial charge on any atom is 0.134 e. The molecule has 0 heterocycles. The second-order valence-electron chi connectivity index (χ2n) is 2.88. The van der Waals surface area contributed by atoms with Crippen LogP contribution in [0, 0.1) is 5.82 Å². The van der Waals surface area contributed by atoms with Crippen LogP contribution in [0.2, 0.25) is 0 Å². The average Bonchev–Trinajstić information content (AvgIpc) is 2.20. The number of ether oxygens (including phenoxy) is 2. The van der Waals surface area contributed by atoms with Gasteiger partial charge in [0.05, 0.1) is 6.61 Å². The lowest BCUT2D eigenvalue weighted by atomic mass is 10.3. The molecule has 0 radical (unpaired) electrons. The van der Waals surface area contributed by atoms with Crippen molar-refractivity contribution in [3.8, 4) is 5.75 Å². The second kappa shape index (κ2) is 5.57. The van der Waals surface area contributed by atoms with Crippen molar-refractivity contribution in [2.45, 2.75) is 6.10 Å². The van der Waals surface area contributed by atoms with Crippen molar-refractivity contribution in [3.63, 3.8) is 0 Å². The van der Waals surface area contributed by atoms with Crippen LogP contribution in [-0.4, -0.2) is 26.4 Å². The van der Waals surface area contributed by atoms with Crippen LogP contribution in [0.15, 0.2) is 24.3 Å². The highest BCUT2D eigenvalue weighted by Gasteiger charge is 2.07. The molecule has 78 valence electrons. The summed E-state index contributed by atoms with van der Waals surface area (Å²) in [6.45, 7) is 0.791. The van der Waals surface area contributed by atoms with E-state index in [0.717, 1.165) is 0 Å². The van der Waals surface area contributed by atoms with Crippen molar-refractivity contribution in [2.75, 3.05) is 20.3 Å². The molecule has 0 fully saturated rings. The highest BCUT2D eigenvalue weighted by atomic mass is 19.1. The second-order valence-corrected chi connectivity index (χ2v) is 2.88. The third-order valence-corrected chi connectivity index (χ3v) is 1.73. The van der Waals surface area contributed by atoms with Gasteiger partial charge in [0.25, 0.3) is 0 Å². The third-order valence-electron chi connectivity index (χ3n) is 1.73. The Balaban J connectivity index is 2.53. The van der Waals surface area contributed by atoms with Crippen molar-refractivity contribution < 1.29 is 13.9 Å². The number of methoxy groups -OCH3 is 1. The molecule has 0 bridgehead atoms. The quantitative estimate of drug-likeness (QED) is 0.774. The molecule has 1 unspecified atom stereocenters. The Labute approximate surface area is 82.6 Å². The Morgan fingerprint density at radius 2 is 2.00 bits per heavy atom. The topological polar surface area (TPSA) is 44.5 Å². The molecule has 0 aliphatic rings. The molecule has 0 spiro atoms. The van der Waals surface area contributed by atoms with Gasteiger partial charge in [-0.2, -0.15) is 0 Å². The lowest BCUT2D eigenvalue weighted by molar-refractivity contribution is 0.0860. The van der Waals surface area contributed by atoms with Crippen molar-refractivity contribution in [1.29, 1.82) is 0 Å². The zero-order chi connectivity index (χ0) is 10.4. The van der Waals surface area contributed by atoms with E-state index in [4.69, 9.17) is 15.2 Å². The Hall–Kier alpha value is -1.13. The Kier molecular flexibility index (Phi) is 4.35. The Morgan fingerprint density at radius 1 is 1.36 bits per heavy atom. The molecule has 3 nitrogen and oxygen atoms in total. The number of rotatable bonds is 5. The SMILES string of the molecule is COCC(CN)Oc1ccc(F)cc1. The van der Waals surface area contributed by atoms with Crippen LogP contribution in [-0.2, 0) is 4.74 Å². The summed E-state index contributed by atoms with van der Waals surface area (Å²) in [5, 5.41) is 0. The first kappa shape index (κ1) is 10.9. The zero-order valence-electron chi connectivity index (χ0n) is 8.07. The predicted octanol–water partition coefficient (Wildman–Crippen LogP) is 1.18. The van der Waals surface area contributed by atoms with Crippen LogP contribution in [0.4, 0.5) is 4.39 Å². The van der Waals surface area contributed by atoms with Crippen LogP contribution in [0.5, 0.6) is 5.75 Å². The summed E-state index contributed by atoms with van der Waals surface area (Å²) >= 11 is 0. The van der Waals surface area contributed by atoms with Gasteiger partial charge in [-0.05, 0) is 24.3 Å². The molecule has 1 rings (SSSR count). The van der Waals surface area contributed by atoms with Gasteiger partial charge in [-0.25, -0.2) is 4.39 Å². The summed E-state index contributed by atoms with van der Waals surface area (Å²) in [4.78, 5) is 0. The van der Waals surface area contributed by atoms with Crippen LogP contribution < -0.4 is 10.5 Å². The molecule has 0 saturated carbocycles. The van der Waals surface area contributed by atoms with E-state index in [0.29, 0.717) is 18.9 Å². The van der Waals surface area contributed by atoms with Gasteiger partial charge in [0.1, 0.15) is 17.7 Å². The molecule has 0 amide bonds. The van der Waals surface area contributed by atoms with Gasteiger partial charge in [0, 0.05) is 13.7 Å². The van der Waals surface area contributed by atoms with Gasteiger partial charge in [-0.1, -0.05) is 0 Å². The van der Waals surface area contributed by atoms with E-state index in [1.165, 1.54) is 12.1 Å². The van der Waals surface area contributed by atoms with Crippen LogP contribution in [0.25, 0.3) is 0 Å². The normalized spacial score (nSPS) is 12.5. The predicted molar refractivity (Wildman–Crippen MR) is 51.7 cm³/mol. The standard InChI is InChI=1S/C10H14FNO2/c1-13-7-10(6-12)14-9-4-2-8(11)3-5-9/h2-5,10H,6-7,12H2,1H3. The van der Waals surface area contributed by atoms with Gasteiger partial charge in [-0.15, -0.1) is 0 Å². The number of hydrogen-bond donors (Lipinski definition) is 1. The fraction of sp³-hybridized carbons (Fsp3) is 0.400. The van der Waals surface area contributed by atoms with E-state index in [1.54, 1.807) is 19.2 Å². The number of hydrogen-bond acceptors (Lipinski definition) is 3. The lowest BCUT2D eigenvalue weighted by Gasteiger charge is -2.16. The summed E-state index contributed by atoms with van der Waals surface area (Å²) in [7, 11) is 1.58. The molecule has 1 aromatic carbocycles. The lowest BCUT2D eigenvalue weighted by Crippen LogP contribution is -2.31. The number of halogens is 1. The molecule has 1 atom stereocenters. The summed E-state index contributed by atoms with van der Waals surface area (Å²) < 4.78 is 22.9. The van der Waals surface area contributed by atoms with Gasteiger partial charge in [0.15, 0.2) is 0 Å². The molecule has 0 saturated heterocycles. The monoisotopic (exact) mass is 199 g/mol. The van der Waals surface area contributed by atoms with E-state index < -0.39 is 0 Å². The molecule has 0 aromatic heterocycles. The average molecular weight is 199 g/mol. The summed E-state index contributed by atoms with van der Waals surface area (Å²) in [5.74, 6) is 0.312. The minimum Gasteiger partial charge on any atom is -0.487 e. The first-order valence-corrected chi connectivity index (χ1v) is 4.37. The van der Waals surface area contributed by atoms with Crippen LogP contribution in [0.3, 0.4) is 0 Å². The van der Waals surface area contributed by atoms with Crippen molar-refractivity contribution in [1.82, 2.24) is 0 Å². The molecule has 1 aromatic rings. The van der Waals surface area contributed by atoms with Crippen molar-refractivity contribution in [2.24, 2.45) is 5.73 Å². The van der Waals surface area contributed by atoms with Crippen molar-refractivity contribution >= 4 is 0 Å². The molecular formula is C10H14FNO2. The molecule has 14 heavy (non-hydrogen) atoms. The minimum absolute atomic E-state index is 0.189. The van der Waals surface area contributed by atoms with Crippen LogP contribution in [0.1, 0.15) is 0 Å². The third kappa shape index (κ3) is 3.32. The molecular weight excluding hydrogens is 185 g/mol. The molecule has 0 aliphatic carbocycles. The maximum atomic E-state index is 12.5. The summed E-state index contributed by atoms with van der Waals surface area (Å²) in [6, 6.07) is 5.81. The summed E-state index contributed by atoms with van der Waals surface area (Å²) in [5.41, 5.74) is 5.46. The van der Waals surface area contributed by atoms with Crippen LogP contribution >= 0.6 is 0 Å². The van der Waals surface area contributed by atoms with Gasteiger partial charge in [-0.3, -0.25) is 0 Å².